The van der Waals surface area contributed by atoms with Crippen molar-refractivity contribution < 1.29 is 4.74 Å². The Hall–Kier alpha value is -1.22. The SMILES string of the molecule is CCOc1ccc(CC)cc1NN. The molecule has 3 heteroatoms. The molecule has 1 aromatic rings. The fraction of sp³-hybridized carbons (Fsp3) is 0.400. The largest absolute Gasteiger partial charge is 0.492 e. The second-order valence-corrected chi connectivity index (χ2v) is 2.76. The maximum Gasteiger partial charge on any atom is 0.143 e. The number of benzene rings is 1. The Balaban J connectivity index is 2.93. The van der Waals surface area contributed by atoms with Gasteiger partial charge in [-0.25, -0.2) is 0 Å². The lowest BCUT2D eigenvalue weighted by molar-refractivity contribution is 0.341. The Kier molecular flexibility index (Phi) is 3.58. The number of anilines is 1. The molecular formula is C10H16N2O. The number of nitrogens with one attached hydrogen (secondary N) is 1. The van der Waals surface area contributed by atoms with Crippen molar-refractivity contribution in [1.29, 1.82) is 0 Å². The van der Waals surface area contributed by atoms with Gasteiger partial charge in [0, 0.05) is 0 Å². The van der Waals surface area contributed by atoms with E-state index in [-0.39, 0.29) is 0 Å². The summed E-state index contributed by atoms with van der Waals surface area (Å²) < 4.78 is 5.38. The number of nitrogen functional groups attached to an aromatic ring is 1. The van der Waals surface area contributed by atoms with Gasteiger partial charge < -0.3 is 10.2 Å². The molecule has 0 unspecified atom stereocenters. The first kappa shape index (κ1) is 9.86. The Morgan fingerprint density at radius 3 is 2.69 bits per heavy atom. The van der Waals surface area contributed by atoms with Gasteiger partial charge >= 0.3 is 0 Å². The summed E-state index contributed by atoms with van der Waals surface area (Å²) in [4.78, 5) is 0. The summed E-state index contributed by atoms with van der Waals surface area (Å²) in [7, 11) is 0. The van der Waals surface area contributed by atoms with Crippen LogP contribution in [-0.4, -0.2) is 6.61 Å². The second-order valence-electron chi connectivity index (χ2n) is 2.76. The number of hydrogen-bond acceptors (Lipinski definition) is 3. The second kappa shape index (κ2) is 4.72. The third kappa shape index (κ3) is 2.36. The van der Waals surface area contributed by atoms with E-state index in [4.69, 9.17) is 10.6 Å². The number of aryl methyl sites for hydroxylation is 1. The van der Waals surface area contributed by atoms with E-state index in [1.807, 2.05) is 25.1 Å². The normalized spacial score (nSPS) is 9.77. The predicted molar refractivity (Wildman–Crippen MR) is 54.8 cm³/mol. The summed E-state index contributed by atoms with van der Waals surface area (Å²) in [6, 6.07) is 5.99. The van der Waals surface area contributed by atoms with Crippen molar-refractivity contribution in [2.24, 2.45) is 5.84 Å². The van der Waals surface area contributed by atoms with E-state index in [2.05, 4.69) is 12.3 Å². The number of hydrogen-bond donors (Lipinski definition) is 2. The van der Waals surface area contributed by atoms with Gasteiger partial charge in [0.05, 0.1) is 12.3 Å². The Morgan fingerprint density at radius 1 is 1.38 bits per heavy atom. The molecule has 0 aromatic heterocycles. The lowest BCUT2D eigenvalue weighted by Crippen LogP contribution is -2.09. The average Bonchev–Trinajstić information content (AvgIpc) is 2.19. The highest BCUT2D eigenvalue weighted by Crippen LogP contribution is 2.24. The minimum Gasteiger partial charge on any atom is -0.492 e. The molecule has 0 fully saturated rings. The first-order valence-electron chi connectivity index (χ1n) is 4.54. The maximum absolute atomic E-state index is 5.38. The van der Waals surface area contributed by atoms with Crippen molar-refractivity contribution >= 4 is 5.69 Å². The molecule has 0 aliphatic rings. The number of ether oxygens (including phenoxy) is 1. The van der Waals surface area contributed by atoms with Gasteiger partial charge in [-0.05, 0) is 31.0 Å². The average molecular weight is 180 g/mol. The quantitative estimate of drug-likeness (QED) is 0.550. The predicted octanol–water partition coefficient (Wildman–Crippen LogP) is 1.93. The molecule has 72 valence electrons. The van der Waals surface area contributed by atoms with E-state index in [1.54, 1.807) is 0 Å². The highest BCUT2D eigenvalue weighted by Gasteiger charge is 2.01. The van der Waals surface area contributed by atoms with Crippen molar-refractivity contribution in [3.63, 3.8) is 0 Å². The smallest absolute Gasteiger partial charge is 0.143 e. The lowest BCUT2D eigenvalue weighted by Gasteiger charge is -2.10. The molecule has 0 atom stereocenters. The molecule has 0 heterocycles. The summed E-state index contributed by atoms with van der Waals surface area (Å²) >= 11 is 0. The van der Waals surface area contributed by atoms with Gasteiger partial charge in [-0.2, -0.15) is 0 Å². The van der Waals surface area contributed by atoms with Gasteiger partial charge in [0.15, 0.2) is 0 Å². The molecule has 0 saturated carbocycles. The molecule has 0 saturated heterocycles. The minimum absolute atomic E-state index is 0.653. The molecule has 13 heavy (non-hydrogen) atoms. The maximum atomic E-state index is 5.38. The highest BCUT2D eigenvalue weighted by atomic mass is 16.5. The van der Waals surface area contributed by atoms with Gasteiger partial charge in [0.1, 0.15) is 5.75 Å². The number of nitrogens with two attached hydrogens (primary N) is 1. The molecule has 0 aliphatic carbocycles. The molecular weight excluding hydrogens is 164 g/mol. The molecule has 0 radical (unpaired) electrons. The fourth-order valence-electron chi connectivity index (χ4n) is 1.19. The van der Waals surface area contributed by atoms with Crippen molar-refractivity contribution in [1.82, 2.24) is 0 Å². The van der Waals surface area contributed by atoms with Gasteiger partial charge in [-0.1, -0.05) is 13.0 Å². The summed E-state index contributed by atoms with van der Waals surface area (Å²) in [6.45, 7) is 4.71. The molecule has 3 N–H and O–H groups in total. The van der Waals surface area contributed by atoms with Crippen molar-refractivity contribution in [2.75, 3.05) is 12.0 Å². The Labute approximate surface area is 78.9 Å². The van der Waals surface area contributed by atoms with Crippen molar-refractivity contribution in [3.05, 3.63) is 23.8 Å². The van der Waals surface area contributed by atoms with E-state index in [1.165, 1.54) is 5.56 Å². The van der Waals surface area contributed by atoms with Crippen molar-refractivity contribution in [3.8, 4) is 5.75 Å². The van der Waals surface area contributed by atoms with Gasteiger partial charge in [-0.3, -0.25) is 5.84 Å². The zero-order valence-electron chi connectivity index (χ0n) is 8.13. The van der Waals surface area contributed by atoms with E-state index in [0.717, 1.165) is 17.9 Å². The molecule has 0 bridgehead atoms. The molecule has 0 spiro atoms. The van der Waals surface area contributed by atoms with Gasteiger partial charge in [-0.15, -0.1) is 0 Å². The van der Waals surface area contributed by atoms with Crippen LogP contribution in [-0.2, 0) is 6.42 Å². The van der Waals surface area contributed by atoms with Crippen LogP contribution in [0.15, 0.2) is 18.2 Å². The third-order valence-electron chi connectivity index (χ3n) is 1.91. The topological polar surface area (TPSA) is 47.3 Å². The van der Waals surface area contributed by atoms with Crippen LogP contribution < -0.4 is 16.0 Å². The Morgan fingerprint density at radius 2 is 2.15 bits per heavy atom. The van der Waals surface area contributed by atoms with Gasteiger partial charge in [0.25, 0.3) is 0 Å². The zero-order chi connectivity index (χ0) is 9.68. The Bertz CT molecular complexity index is 274. The van der Waals surface area contributed by atoms with Crippen LogP contribution in [0.5, 0.6) is 5.75 Å². The van der Waals surface area contributed by atoms with Gasteiger partial charge in [0.2, 0.25) is 0 Å². The van der Waals surface area contributed by atoms with Crippen LogP contribution in [0.1, 0.15) is 19.4 Å². The van der Waals surface area contributed by atoms with Crippen LogP contribution >= 0.6 is 0 Å². The van der Waals surface area contributed by atoms with Crippen LogP contribution in [0.3, 0.4) is 0 Å². The standard InChI is InChI=1S/C10H16N2O/c1-3-8-5-6-10(13-4-2)9(7-8)12-11/h5-7,12H,3-4,11H2,1-2H3. The molecule has 0 amide bonds. The first-order valence-corrected chi connectivity index (χ1v) is 4.54. The van der Waals surface area contributed by atoms with Crippen LogP contribution in [0.25, 0.3) is 0 Å². The van der Waals surface area contributed by atoms with E-state index in [9.17, 15) is 0 Å². The monoisotopic (exact) mass is 180 g/mol. The third-order valence-corrected chi connectivity index (χ3v) is 1.91. The lowest BCUT2D eigenvalue weighted by atomic mass is 10.1. The summed E-state index contributed by atoms with van der Waals surface area (Å²) in [6.07, 6.45) is 1.00. The first-order chi connectivity index (χ1) is 6.31. The molecule has 1 rings (SSSR count). The molecule has 0 aliphatic heterocycles. The van der Waals surface area contributed by atoms with Crippen LogP contribution in [0.4, 0.5) is 5.69 Å². The van der Waals surface area contributed by atoms with Crippen LogP contribution in [0.2, 0.25) is 0 Å². The van der Waals surface area contributed by atoms with E-state index in [0.29, 0.717) is 6.61 Å². The number of rotatable bonds is 4. The molecule has 1 aromatic carbocycles. The zero-order valence-corrected chi connectivity index (χ0v) is 8.13. The van der Waals surface area contributed by atoms with E-state index < -0.39 is 0 Å². The minimum atomic E-state index is 0.653. The van der Waals surface area contributed by atoms with E-state index >= 15 is 0 Å². The summed E-state index contributed by atoms with van der Waals surface area (Å²) in [5.74, 6) is 6.18. The van der Waals surface area contributed by atoms with Crippen molar-refractivity contribution in [2.45, 2.75) is 20.3 Å². The van der Waals surface area contributed by atoms with Crippen LogP contribution in [0, 0.1) is 0 Å². The fourth-order valence-corrected chi connectivity index (χ4v) is 1.19. The summed E-state index contributed by atoms with van der Waals surface area (Å²) in [5.41, 5.74) is 4.73. The summed E-state index contributed by atoms with van der Waals surface area (Å²) in [5, 5.41) is 0. The highest BCUT2D eigenvalue weighted by molar-refractivity contribution is 5.57. The number of hydrazine groups is 1. The molecule has 3 nitrogen and oxygen atoms in total.